The van der Waals surface area contributed by atoms with E-state index in [-0.39, 0.29) is 0 Å². The van der Waals surface area contributed by atoms with E-state index in [2.05, 4.69) is 11.8 Å². The second-order valence-electron chi connectivity index (χ2n) is 3.35. The average molecular weight is 165 g/mol. The van der Waals surface area contributed by atoms with Gasteiger partial charge in [0.05, 0.1) is 0 Å². The van der Waals surface area contributed by atoms with Gasteiger partial charge in [-0.25, -0.2) is 0 Å². The molecule has 0 saturated carbocycles. The molecule has 12 heavy (non-hydrogen) atoms. The van der Waals surface area contributed by atoms with Crippen LogP contribution in [0.25, 0.3) is 0 Å². The molecule has 1 N–H and O–H groups in total. The number of hydrogen-bond donors (Lipinski definition) is 1. The fraction of sp³-hybridized carbons (Fsp3) is 0.400. The second kappa shape index (κ2) is 3.59. The average Bonchev–Trinajstić information content (AvgIpc) is 1.96. The summed E-state index contributed by atoms with van der Waals surface area (Å²) in [5, 5.41) is 9.23. The smallest absolute Gasteiger partial charge is 0.115 e. The Morgan fingerprint density at radius 1 is 1.33 bits per heavy atom. The summed E-state index contributed by atoms with van der Waals surface area (Å²) in [7, 11) is 4.03. The Labute approximate surface area is 73.4 Å². The van der Waals surface area contributed by atoms with Crippen molar-refractivity contribution < 1.29 is 5.11 Å². The fourth-order valence-electron chi connectivity index (χ4n) is 1.17. The summed E-state index contributed by atoms with van der Waals surface area (Å²) < 4.78 is 0. The van der Waals surface area contributed by atoms with Crippen molar-refractivity contribution in [2.45, 2.75) is 13.5 Å². The van der Waals surface area contributed by atoms with Gasteiger partial charge in [-0.05, 0) is 44.3 Å². The van der Waals surface area contributed by atoms with Crippen molar-refractivity contribution in [3.05, 3.63) is 29.3 Å². The third kappa shape index (κ3) is 2.24. The van der Waals surface area contributed by atoms with Gasteiger partial charge in [0, 0.05) is 6.54 Å². The topological polar surface area (TPSA) is 23.5 Å². The maximum atomic E-state index is 9.23. The Hall–Kier alpha value is -1.02. The van der Waals surface area contributed by atoms with Crippen molar-refractivity contribution in [1.29, 1.82) is 0 Å². The van der Waals surface area contributed by atoms with Gasteiger partial charge in [-0.2, -0.15) is 0 Å². The highest BCUT2D eigenvalue weighted by Gasteiger charge is 2.00. The zero-order valence-corrected chi connectivity index (χ0v) is 7.83. The Bertz CT molecular complexity index is 269. The SMILES string of the molecule is Cc1ccc(O)cc1CN(C)C. The summed E-state index contributed by atoms with van der Waals surface area (Å²) in [5.74, 6) is 0.345. The molecule has 0 aliphatic carbocycles. The zero-order chi connectivity index (χ0) is 9.14. The first-order chi connectivity index (χ1) is 5.59. The molecule has 0 radical (unpaired) electrons. The van der Waals surface area contributed by atoms with Crippen LogP contribution in [0.2, 0.25) is 0 Å². The van der Waals surface area contributed by atoms with E-state index >= 15 is 0 Å². The van der Waals surface area contributed by atoms with Crippen LogP contribution in [0, 0.1) is 6.92 Å². The molecule has 0 atom stereocenters. The van der Waals surface area contributed by atoms with Gasteiger partial charge < -0.3 is 10.0 Å². The Kier molecular flexibility index (Phi) is 2.71. The van der Waals surface area contributed by atoms with E-state index in [1.807, 2.05) is 26.2 Å². The number of benzene rings is 1. The number of nitrogens with zero attached hydrogens (tertiary/aromatic N) is 1. The first kappa shape index (κ1) is 9.07. The second-order valence-corrected chi connectivity index (χ2v) is 3.35. The van der Waals surface area contributed by atoms with E-state index < -0.39 is 0 Å². The van der Waals surface area contributed by atoms with Crippen molar-refractivity contribution in [3.8, 4) is 5.75 Å². The Balaban J connectivity index is 2.90. The van der Waals surface area contributed by atoms with Gasteiger partial charge >= 0.3 is 0 Å². The Morgan fingerprint density at radius 3 is 2.58 bits per heavy atom. The van der Waals surface area contributed by atoms with Crippen LogP contribution in [0.1, 0.15) is 11.1 Å². The highest BCUT2D eigenvalue weighted by Crippen LogP contribution is 2.16. The lowest BCUT2D eigenvalue weighted by Crippen LogP contribution is -2.11. The number of aromatic hydroxyl groups is 1. The van der Waals surface area contributed by atoms with Crippen molar-refractivity contribution in [2.24, 2.45) is 0 Å². The third-order valence-electron chi connectivity index (χ3n) is 1.82. The van der Waals surface area contributed by atoms with Crippen LogP contribution < -0.4 is 0 Å². The van der Waals surface area contributed by atoms with Crippen molar-refractivity contribution in [1.82, 2.24) is 4.90 Å². The van der Waals surface area contributed by atoms with Crippen LogP contribution in [0.3, 0.4) is 0 Å². The molecule has 0 saturated heterocycles. The zero-order valence-electron chi connectivity index (χ0n) is 7.83. The molecule has 0 fully saturated rings. The molecule has 2 nitrogen and oxygen atoms in total. The molecule has 1 rings (SSSR count). The summed E-state index contributed by atoms with van der Waals surface area (Å²) in [5.41, 5.74) is 2.40. The summed E-state index contributed by atoms with van der Waals surface area (Å²) in [6.07, 6.45) is 0. The molecule has 0 amide bonds. The van der Waals surface area contributed by atoms with Crippen LogP contribution in [0.4, 0.5) is 0 Å². The molecule has 1 aromatic carbocycles. The molecule has 0 unspecified atom stereocenters. The van der Waals surface area contributed by atoms with Gasteiger partial charge in [-0.3, -0.25) is 0 Å². The van der Waals surface area contributed by atoms with Crippen LogP contribution in [0.5, 0.6) is 5.75 Å². The lowest BCUT2D eigenvalue weighted by Gasteiger charge is -2.11. The van der Waals surface area contributed by atoms with Gasteiger partial charge in [-0.1, -0.05) is 6.07 Å². The summed E-state index contributed by atoms with van der Waals surface area (Å²) in [6, 6.07) is 5.47. The van der Waals surface area contributed by atoms with Gasteiger partial charge in [0.15, 0.2) is 0 Å². The third-order valence-corrected chi connectivity index (χ3v) is 1.82. The van der Waals surface area contributed by atoms with Crippen LogP contribution in [-0.2, 0) is 6.54 Å². The van der Waals surface area contributed by atoms with Crippen molar-refractivity contribution in [3.63, 3.8) is 0 Å². The van der Waals surface area contributed by atoms with Gasteiger partial charge in [0.2, 0.25) is 0 Å². The molecular weight excluding hydrogens is 150 g/mol. The standard InChI is InChI=1S/C10H15NO/c1-8-4-5-10(12)6-9(8)7-11(2)3/h4-6,12H,7H2,1-3H3. The van der Waals surface area contributed by atoms with E-state index in [0.29, 0.717) is 5.75 Å². The minimum atomic E-state index is 0.345. The number of phenolic OH excluding ortho intramolecular Hbond substituents is 1. The van der Waals surface area contributed by atoms with Gasteiger partial charge in [-0.15, -0.1) is 0 Å². The Morgan fingerprint density at radius 2 is 2.00 bits per heavy atom. The van der Waals surface area contributed by atoms with Crippen LogP contribution in [0.15, 0.2) is 18.2 Å². The molecule has 0 spiro atoms. The molecule has 66 valence electrons. The molecule has 0 aliphatic heterocycles. The van der Waals surface area contributed by atoms with Crippen LogP contribution in [-0.4, -0.2) is 24.1 Å². The molecule has 2 heteroatoms. The van der Waals surface area contributed by atoms with E-state index in [1.54, 1.807) is 6.07 Å². The monoisotopic (exact) mass is 165 g/mol. The molecule has 0 aliphatic rings. The first-order valence-electron chi connectivity index (χ1n) is 4.03. The number of rotatable bonds is 2. The molecule has 0 heterocycles. The summed E-state index contributed by atoms with van der Waals surface area (Å²) in [4.78, 5) is 2.09. The molecule has 0 bridgehead atoms. The van der Waals surface area contributed by atoms with E-state index in [1.165, 1.54) is 11.1 Å². The largest absolute Gasteiger partial charge is 0.508 e. The highest BCUT2D eigenvalue weighted by molar-refractivity contribution is 5.33. The molecular formula is C10H15NO. The van der Waals surface area contributed by atoms with Crippen molar-refractivity contribution >= 4 is 0 Å². The van der Waals surface area contributed by atoms with Crippen molar-refractivity contribution in [2.75, 3.05) is 14.1 Å². The normalized spacial score (nSPS) is 10.7. The van der Waals surface area contributed by atoms with Gasteiger partial charge in [0.25, 0.3) is 0 Å². The predicted octanol–water partition coefficient (Wildman–Crippen LogP) is 1.76. The number of phenols is 1. The lowest BCUT2D eigenvalue weighted by atomic mass is 10.1. The molecule has 1 aromatic rings. The molecule has 0 aromatic heterocycles. The predicted molar refractivity (Wildman–Crippen MR) is 50.2 cm³/mol. The maximum absolute atomic E-state index is 9.23. The summed E-state index contributed by atoms with van der Waals surface area (Å²) in [6.45, 7) is 2.93. The van der Waals surface area contributed by atoms with E-state index in [0.717, 1.165) is 6.54 Å². The summed E-state index contributed by atoms with van der Waals surface area (Å²) >= 11 is 0. The quantitative estimate of drug-likeness (QED) is 0.721. The number of aryl methyl sites for hydroxylation is 1. The van der Waals surface area contributed by atoms with Gasteiger partial charge in [0.1, 0.15) is 5.75 Å². The fourth-order valence-corrected chi connectivity index (χ4v) is 1.17. The van der Waals surface area contributed by atoms with E-state index in [4.69, 9.17) is 0 Å². The minimum absolute atomic E-state index is 0.345. The van der Waals surface area contributed by atoms with Crippen LogP contribution >= 0.6 is 0 Å². The number of hydrogen-bond acceptors (Lipinski definition) is 2. The first-order valence-corrected chi connectivity index (χ1v) is 4.03. The maximum Gasteiger partial charge on any atom is 0.115 e. The van der Waals surface area contributed by atoms with E-state index in [9.17, 15) is 5.11 Å². The highest BCUT2D eigenvalue weighted by atomic mass is 16.3. The minimum Gasteiger partial charge on any atom is -0.508 e. The lowest BCUT2D eigenvalue weighted by molar-refractivity contribution is 0.399.